The molecular formula is C34H53N5O5. The Balaban J connectivity index is 2.37. The van der Waals surface area contributed by atoms with E-state index >= 15 is 0 Å². The highest BCUT2D eigenvalue weighted by Gasteiger charge is 2.42. The van der Waals surface area contributed by atoms with E-state index in [0.717, 1.165) is 16.5 Å². The van der Waals surface area contributed by atoms with Crippen LogP contribution in [-0.2, 0) is 31.6 Å². The highest BCUT2D eigenvalue weighted by molar-refractivity contribution is 5.94. The molecule has 10 heteroatoms. The Morgan fingerprint density at radius 1 is 1.00 bits per heavy atom. The summed E-state index contributed by atoms with van der Waals surface area (Å²) >= 11 is 0. The molecule has 10 nitrogen and oxygen atoms in total. The summed E-state index contributed by atoms with van der Waals surface area (Å²) in [6.07, 6.45) is 3.60. The van der Waals surface area contributed by atoms with Crippen LogP contribution >= 0.6 is 0 Å². The highest BCUT2D eigenvalue weighted by Crippen LogP contribution is 2.35. The maximum Gasteiger partial charge on any atom is 0.305 e. The summed E-state index contributed by atoms with van der Waals surface area (Å²) in [5.41, 5.74) is 1.24. The summed E-state index contributed by atoms with van der Waals surface area (Å²) in [4.78, 5) is 53.5. The van der Waals surface area contributed by atoms with Crippen molar-refractivity contribution in [3.8, 4) is 0 Å². The van der Waals surface area contributed by atoms with Gasteiger partial charge in [-0.3, -0.25) is 19.2 Å². The zero-order valence-electron chi connectivity index (χ0n) is 28.5. The first kappa shape index (κ1) is 36.5. The van der Waals surface area contributed by atoms with E-state index in [2.05, 4.69) is 38.8 Å². The number of benzene rings is 1. The molecule has 2 aromatic rings. The van der Waals surface area contributed by atoms with Crippen molar-refractivity contribution in [1.29, 1.82) is 0 Å². The molecule has 0 saturated carbocycles. The summed E-state index contributed by atoms with van der Waals surface area (Å²) in [5.74, 6) is -1.99. The van der Waals surface area contributed by atoms with Gasteiger partial charge in [-0.2, -0.15) is 0 Å². The minimum absolute atomic E-state index is 0.0465. The first-order valence-corrected chi connectivity index (χ1v) is 15.2. The summed E-state index contributed by atoms with van der Waals surface area (Å²) in [6, 6.07) is 5.61. The Morgan fingerprint density at radius 2 is 1.59 bits per heavy atom. The van der Waals surface area contributed by atoms with E-state index in [4.69, 9.17) is 5.11 Å². The van der Waals surface area contributed by atoms with E-state index in [1.807, 2.05) is 67.6 Å². The quantitative estimate of drug-likeness (QED) is 0.253. The van der Waals surface area contributed by atoms with Crippen molar-refractivity contribution < 1.29 is 24.3 Å². The Labute approximate surface area is 262 Å². The zero-order chi connectivity index (χ0) is 33.7. The molecule has 0 aliphatic carbocycles. The number of carboxylic acid groups (broad SMARTS) is 1. The van der Waals surface area contributed by atoms with Gasteiger partial charge in [0, 0.05) is 48.2 Å². The van der Waals surface area contributed by atoms with Crippen LogP contribution in [0.1, 0.15) is 74.3 Å². The molecule has 0 radical (unpaired) electrons. The van der Waals surface area contributed by atoms with E-state index in [-0.39, 0.29) is 24.2 Å². The first-order chi connectivity index (χ1) is 20.2. The van der Waals surface area contributed by atoms with Crippen molar-refractivity contribution in [3.05, 3.63) is 47.7 Å². The van der Waals surface area contributed by atoms with Gasteiger partial charge in [-0.05, 0) is 43.9 Å². The number of amides is 3. The summed E-state index contributed by atoms with van der Waals surface area (Å²) in [6.45, 7) is 17.0. The summed E-state index contributed by atoms with van der Waals surface area (Å²) in [7, 11) is 5.42. The number of hydrogen-bond acceptors (Lipinski definition) is 5. The second-order valence-electron chi connectivity index (χ2n) is 13.9. The van der Waals surface area contributed by atoms with E-state index in [9.17, 15) is 19.2 Å². The topological polar surface area (TPSA) is 133 Å². The predicted octanol–water partition coefficient (Wildman–Crippen LogP) is 3.98. The standard InChI is InChI=1S/C34H53N5O5/c1-20(2)26(17-21(3)30(42)36-22(4)18-27(40)41)39(12)32(44)29(33(5,6)7)37-31(43)28(35-10)34(8,9)24-19-38(11)25-16-14-13-15-23(24)25/h13-17,19-20,22,26,28-29,35H,18H2,1-12H3,(H,36,42)(H,37,43)(H,40,41)/b21-17+/t22-,26-,28-,29-/m1/s1. The van der Waals surface area contributed by atoms with Crippen LogP contribution in [-0.4, -0.2) is 76.5 Å². The largest absolute Gasteiger partial charge is 0.481 e. The van der Waals surface area contributed by atoms with Gasteiger partial charge < -0.3 is 30.5 Å². The number of rotatable bonds is 13. The molecule has 0 aliphatic heterocycles. The number of nitrogens with one attached hydrogen (secondary N) is 3. The van der Waals surface area contributed by atoms with Gasteiger partial charge in [0.2, 0.25) is 17.7 Å². The fraction of sp³-hybridized carbons (Fsp3) is 0.588. The van der Waals surface area contributed by atoms with Crippen LogP contribution in [0, 0.1) is 11.3 Å². The number of aromatic nitrogens is 1. The van der Waals surface area contributed by atoms with Gasteiger partial charge >= 0.3 is 5.97 Å². The average Bonchev–Trinajstić information content (AvgIpc) is 3.25. The molecule has 0 saturated heterocycles. The van der Waals surface area contributed by atoms with Gasteiger partial charge in [0.05, 0.1) is 18.5 Å². The smallest absolute Gasteiger partial charge is 0.305 e. The predicted molar refractivity (Wildman–Crippen MR) is 175 cm³/mol. The number of carboxylic acids is 1. The lowest BCUT2D eigenvalue weighted by atomic mass is 9.76. The molecule has 1 aromatic carbocycles. The molecule has 1 aromatic heterocycles. The molecule has 4 N–H and O–H groups in total. The molecule has 0 unspecified atom stereocenters. The number of carbonyl (C=O) groups is 4. The van der Waals surface area contributed by atoms with E-state index in [1.54, 1.807) is 38.9 Å². The molecule has 0 bridgehead atoms. The molecule has 0 fully saturated rings. The van der Waals surface area contributed by atoms with Crippen LogP contribution in [0.5, 0.6) is 0 Å². The lowest BCUT2D eigenvalue weighted by Crippen LogP contribution is -2.61. The van der Waals surface area contributed by atoms with Gasteiger partial charge in [0.1, 0.15) is 6.04 Å². The molecule has 4 atom stereocenters. The molecular weight excluding hydrogens is 558 g/mol. The molecule has 1 heterocycles. The van der Waals surface area contributed by atoms with Crippen molar-refractivity contribution in [1.82, 2.24) is 25.4 Å². The van der Waals surface area contributed by atoms with Crippen molar-refractivity contribution in [2.75, 3.05) is 14.1 Å². The SMILES string of the molecule is CN[C@H](C(=O)N[C@H](C(=O)N(C)[C@H](/C=C(\C)C(=O)N[C@H](C)CC(=O)O)C(C)C)C(C)(C)C)C(C)(C)c1cn(C)c2ccccc12. The maximum absolute atomic E-state index is 14.1. The number of hydrogen-bond donors (Lipinski definition) is 4. The van der Waals surface area contributed by atoms with Gasteiger partial charge in [0.25, 0.3) is 0 Å². The summed E-state index contributed by atoms with van der Waals surface area (Å²) in [5, 5.41) is 19.1. The van der Waals surface area contributed by atoms with Crippen LogP contribution in [0.4, 0.5) is 0 Å². The van der Waals surface area contributed by atoms with Gasteiger partial charge in [-0.25, -0.2) is 0 Å². The van der Waals surface area contributed by atoms with Crippen LogP contribution < -0.4 is 16.0 Å². The molecule has 2 rings (SSSR count). The van der Waals surface area contributed by atoms with Gasteiger partial charge in [-0.1, -0.05) is 72.7 Å². The van der Waals surface area contributed by atoms with Crippen molar-refractivity contribution in [2.45, 2.75) is 98.3 Å². The molecule has 44 heavy (non-hydrogen) atoms. The second kappa shape index (κ2) is 14.4. The fourth-order valence-corrected chi connectivity index (χ4v) is 5.79. The van der Waals surface area contributed by atoms with Crippen molar-refractivity contribution >= 4 is 34.6 Å². The van der Waals surface area contributed by atoms with E-state index < -0.39 is 46.9 Å². The number of nitrogens with zero attached hydrogens (tertiary/aromatic N) is 2. The lowest BCUT2D eigenvalue weighted by Gasteiger charge is -2.39. The third-order valence-electron chi connectivity index (χ3n) is 8.38. The average molecular weight is 612 g/mol. The highest BCUT2D eigenvalue weighted by atomic mass is 16.4. The molecule has 244 valence electrons. The second-order valence-corrected chi connectivity index (χ2v) is 13.9. The van der Waals surface area contributed by atoms with Gasteiger partial charge in [-0.15, -0.1) is 0 Å². The van der Waals surface area contributed by atoms with Crippen molar-refractivity contribution in [3.63, 3.8) is 0 Å². The number of aryl methyl sites for hydroxylation is 1. The molecule has 0 spiro atoms. The zero-order valence-corrected chi connectivity index (χ0v) is 28.5. The normalized spacial score (nSPS) is 15.4. The monoisotopic (exact) mass is 611 g/mol. The van der Waals surface area contributed by atoms with E-state index in [0.29, 0.717) is 5.57 Å². The molecule has 3 amide bonds. The van der Waals surface area contributed by atoms with Crippen molar-refractivity contribution in [2.24, 2.45) is 18.4 Å². The maximum atomic E-state index is 14.1. The number of para-hydroxylation sites is 1. The Kier molecular flexibility index (Phi) is 12.0. The third-order valence-corrected chi connectivity index (χ3v) is 8.38. The number of likely N-dealkylation sites (N-methyl/N-ethyl adjacent to an activating group) is 2. The van der Waals surface area contributed by atoms with E-state index in [1.165, 1.54) is 0 Å². The van der Waals surface area contributed by atoms with Gasteiger partial charge in [0.15, 0.2) is 0 Å². The number of carbonyl (C=O) groups excluding carboxylic acids is 3. The fourth-order valence-electron chi connectivity index (χ4n) is 5.79. The van der Waals surface area contributed by atoms with Crippen LogP contribution in [0.2, 0.25) is 0 Å². The Morgan fingerprint density at radius 3 is 2.11 bits per heavy atom. The summed E-state index contributed by atoms with van der Waals surface area (Å²) < 4.78 is 2.06. The van der Waals surface area contributed by atoms with Crippen LogP contribution in [0.25, 0.3) is 10.9 Å². The Hall–Kier alpha value is -3.66. The lowest BCUT2D eigenvalue weighted by molar-refractivity contribution is -0.141. The molecule has 0 aliphatic rings. The first-order valence-electron chi connectivity index (χ1n) is 15.2. The Bertz CT molecular complexity index is 1380. The minimum Gasteiger partial charge on any atom is -0.481 e. The number of aliphatic carboxylic acids is 1. The number of fused-ring (bicyclic) bond motifs is 1. The van der Waals surface area contributed by atoms with Crippen LogP contribution in [0.15, 0.2) is 42.1 Å². The third kappa shape index (κ3) is 8.49. The minimum atomic E-state index is -0.999. The van der Waals surface area contributed by atoms with Crippen LogP contribution in [0.3, 0.4) is 0 Å².